The third-order valence-corrected chi connectivity index (χ3v) is 4.12. The number of carbonyl (C=O) groups is 1. The lowest BCUT2D eigenvalue weighted by atomic mass is 10.1. The maximum Gasteiger partial charge on any atom is 0.327 e. The van der Waals surface area contributed by atoms with E-state index in [-0.39, 0.29) is 12.1 Å². The van der Waals surface area contributed by atoms with E-state index in [0.717, 1.165) is 23.5 Å². The van der Waals surface area contributed by atoms with Crippen molar-refractivity contribution in [2.45, 2.75) is 32.5 Å². The number of nitrogens with zero attached hydrogens (tertiary/aromatic N) is 3. The summed E-state index contributed by atoms with van der Waals surface area (Å²) in [6, 6.07) is 0.663. The summed E-state index contributed by atoms with van der Waals surface area (Å²) in [6.07, 6.45) is 1.61. The standard InChI is InChI=1S/C13H19BrN4O3/c1-8-5-17(6-9(2)16-8)10-4-15-18(7-11(19)21-3)13(20)12(10)14/h4,8-9,16H,5-7H2,1-3H3. The Balaban J connectivity index is 2.28. The molecule has 21 heavy (non-hydrogen) atoms. The lowest BCUT2D eigenvalue weighted by Gasteiger charge is -2.37. The average Bonchev–Trinajstić information content (AvgIpc) is 2.42. The Morgan fingerprint density at radius 3 is 2.67 bits per heavy atom. The molecule has 1 saturated heterocycles. The minimum absolute atomic E-state index is 0.192. The Morgan fingerprint density at radius 2 is 2.10 bits per heavy atom. The van der Waals surface area contributed by atoms with Crippen LogP contribution in [-0.2, 0) is 16.1 Å². The maximum absolute atomic E-state index is 12.3. The summed E-state index contributed by atoms with van der Waals surface area (Å²) >= 11 is 3.33. The molecule has 7 nitrogen and oxygen atoms in total. The molecule has 1 aliphatic rings. The van der Waals surface area contributed by atoms with Crippen molar-refractivity contribution in [1.82, 2.24) is 15.1 Å². The van der Waals surface area contributed by atoms with Gasteiger partial charge in [-0.05, 0) is 29.8 Å². The van der Waals surface area contributed by atoms with Crippen LogP contribution in [0.4, 0.5) is 5.69 Å². The van der Waals surface area contributed by atoms with Crippen LogP contribution >= 0.6 is 15.9 Å². The van der Waals surface area contributed by atoms with Gasteiger partial charge in [-0.25, -0.2) is 4.68 Å². The fraction of sp³-hybridized carbons (Fsp3) is 0.615. The van der Waals surface area contributed by atoms with E-state index >= 15 is 0 Å². The Bertz CT molecular complexity index is 579. The summed E-state index contributed by atoms with van der Waals surface area (Å²) in [5.41, 5.74) is 0.415. The average molecular weight is 359 g/mol. The van der Waals surface area contributed by atoms with Gasteiger partial charge in [-0.1, -0.05) is 0 Å². The second-order valence-electron chi connectivity index (χ2n) is 5.26. The van der Waals surface area contributed by atoms with Gasteiger partial charge in [0, 0.05) is 25.2 Å². The van der Waals surface area contributed by atoms with Gasteiger partial charge in [-0.3, -0.25) is 9.59 Å². The molecule has 116 valence electrons. The van der Waals surface area contributed by atoms with E-state index in [9.17, 15) is 9.59 Å². The van der Waals surface area contributed by atoms with Crippen LogP contribution in [0.15, 0.2) is 15.5 Å². The summed E-state index contributed by atoms with van der Waals surface area (Å²) in [4.78, 5) is 25.6. The molecule has 1 aliphatic heterocycles. The third-order valence-electron chi connectivity index (χ3n) is 3.37. The molecule has 1 aromatic rings. The van der Waals surface area contributed by atoms with Crippen molar-refractivity contribution in [3.8, 4) is 0 Å². The number of piperazine rings is 1. The first kappa shape index (κ1) is 16.0. The molecule has 0 bridgehead atoms. The van der Waals surface area contributed by atoms with Crippen LogP contribution in [0.25, 0.3) is 0 Å². The van der Waals surface area contributed by atoms with Crippen molar-refractivity contribution in [2.75, 3.05) is 25.1 Å². The topological polar surface area (TPSA) is 76.5 Å². The molecular weight excluding hydrogens is 340 g/mol. The van der Waals surface area contributed by atoms with Crippen LogP contribution in [0.1, 0.15) is 13.8 Å². The number of rotatable bonds is 3. The van der Waals surface area contributed by atoms with Crippen molar-refractivity contribution in [2.24, 2.45) is 0 Å². The highest BCUT2D eigenvalue weighted by Crippen LogP contribution is 2.23. The zero-order valence-electron chi connectivity index (χ0n) is 12.3. The van der Waals surface area contributed by atoms with E-state index in [0.29, 0.717) is 16.6 Å². The van der Waals surface area contributed by atoms with Crippen LogP contribution < -0.4 is 15.8 Å². The molecule has 0 spiro atoms. The summed E-state index contributed by atoms with van der Waals surface area (Å²) in [7, 11) is 1.28. The van der Waals surface area contributed by atoms with Gasteiger partial charge in [-0.2, -0.15) is 5.10 Å². The molecule has 8 heteroatoms. The number of ether oxygens (including phenoxy) is 1. The highest BCUT2D eigenvalue weighted by molar-refractivity contribution is 9.10. The van der Waals surface area contributed by atoms with E-state index in [2.05, 4.69) is 49.8 Å². The molecular formula is C13H19BrN4O3. The molecule has 0 saturated carbocycles. The summed E-state index contributed by atoms with van der Waals surface area (Å²) in [5.74, 6) is -0.506. The Labute approximate surface area is 131 Å². The normalized spacial score (nSPS) is 22.2. The minimum atomic E-state index is -0.506. The van der Waals surface area contributed by atoms with Gasteiger partial charge in [0.05, 0.1) is 19.0 Å². The molecule has 2 atom stereocenters. The predicted molar refractivity (Wildman–Crippen MR) is 82.5 cm³/mol. The first-order valence-corrected chi connectivity index (χ1v) is 7.55. The van der Waals surface area contributed by atoms with Gasteiger partial charge in [0.25, 0.3) is 5.56 Å². The number of esters is 1. The van der Waals surface area contributed by atoms with Crippen molar-refractivity contribution < 1.29 is 9.53 Å². The molecule has 0 aliphatic carbocycles. The van der Waals surface area contributed by atoms with Crippen molar-refractivity contribution >= 4 is 27.6 Å². The van der Waals surface area contributed by atoms with E-state index < -0.39 is 5.97 Å². The number of halogens is 1. The zero-order valence-corrected chi connectivity index (χ0v) is 13.9. The first-order valence-electron chi connectivity index (χ1n) is 6.75. The Morgan fingerprint density at radius 1 is 1.48 bits per heavy atom. The second-order valence-corrected chi connectivity index (χ2v) is 6.05. The predicted octanol–water partition coefficient (Wildman–Crippen LogP) is 0.365. The lowest BCUT2D eigenvalue weighted by Crippen LogP contribution is -2.54. The quantitative estimate of drug-likeness (QED) is 0.786. The van der Waals surface area contributed by atoms with Gasteiger partial charge >= 0.3 is 5.97 Å². The number of anilines is 1. The van der Waals surface area contributed by atoms with Crippen LogP contribution in [0.3, 0.4) is 0 Å². The molecule has 2 rings (SSSR count). The Kier molecular flexibility index (Phi) is 5.00. The zero-order chi connectivity index (χ0) is 15.6. The number of carbonyl (C=O) groups excluding carboxylic acids is 1. The molecule has 1 aromatic heterocycles. The van der Waals surface area contributed by atoms with E-state index in [4.69, 9.17) is 0 Å². The van der Waals surface area contributed by atoms with Gasteiger partial charge in [0.1, 0.15) is 11.0 Å². The highest BCUT2D eigenvalue weighted by Gasteiger charge is 2.24. The largest absolute Gasteiger partial charge is 0.468 e. The minimum Gasteiger partial charge on any atom is -0.468 e. The molecule has 0 aromatic carbocycles. The van der Waals surface area contributed by atoms with Crippen LogP contribution in [0.5, 0.6) is 0 Å². The van der Waals surface area contributed by atoms with E-state index in [1.807, 2.05) is 0 Å². The fourth-order valence-electron chi connectivity index (χ4n) is 2.50. The monoisotopic (exact) mass is 358 g/mol. The van der Waals surface area contributed by atoms with Crippen LogP contribution in [0.2, 0.25) is 0 Å². The van der Waals surface area contributed by atoms with E-state index in [1.165, 1.54) is 7.11 Å². The molecule has 2 heterocycles. The van der Waals surface area contributed by atoms with E-state index in [1.54, 1.807) is 6.20 Å². The molecule has 0 amide bonds. The van der Waals surface area contributed by atoms with Gasteiger partial charge < -0.3 is 15.0 Å². The number of nitrogens with one attached hydrogen (secondary N) is 1. The number of aromatic nitrogens is 2. The number of methoxy groups -OCH3 is 1. The lowest BCUT2D eigenvalue weighted by molar-refractivity contribution is -0.141. The van der Waals surface area contributed by atoms with Crippen molar-refractivity contribution in [3.63, 3.8) is 0 Å². The van der Waals surface area contributed by atoms with Crippen LogP contribution in [-0.4, -0.2) is 48.0 Å². The first-order chi connectivity index (χ1) is 9.92. The van der Waals surface area contributed by atoms with Crippen molar-refractivity contribution in [1.29, 1.82) is 0 Å². The highest BCUT2D eigenvalue weighted by atomic mass is 79.9. The second kappa shape index (κ2) is 6.57. The number of hydrogen-bond donors (Lipinski definition) is 1. The number of hydrogen-bond acceptors (Lipinski definition) is 6. The smallest absolute Gasteiger partial charge is 0.327 e. The van der Waals surface area contributed by atoms with Crippen molar-refractivity contribution in [3.05, 3.63) is 21.0 Å². The Hall–Kier alpha value is -1.41. The van der Waals surface area contributed by atoms with Gasteiger partial charge in [-0.15, -0.1) is 0 Å². The summed E-state index contributed by atoms with van der Waals surface area (Å²) < 4.78 is 6.06. The molecule has 1 N–H and O–H groups in total. The maximum atomic E-state index is 12.3. The molecule has 1 fully saturated rings. The summed E-state index contributed by atoms with van der Waals surface area (Å²) in [5, 5.41) is 7.50. The molecule has 0 radical (unpaired) electrons. The SMILES string of the molecule is COC(=O)Cn1ncc(N2CC(C)NC(C)C2)c(Br)c1=O. The molecule has 2 unspecified atom stereocenters. The third kappa shape index (κ3) is 3.62. The fourth-order valence-corrected chi connectivity index (χ4v) is 3.06. The van der Waals surface area contributed by atoms with Gasteiger partial charge in [0.15, 0.2) is 0 Å². The summed E-state index contributed by atoms with van der Waals surface area (Å²) in [6.45, 7) is 5.60. The van der Waals surface area contributed by atoms with Gasteiger partial charge in [0.2, 0.25) is 0 Å². The van der Waals surface area contributed by atoms with Crippen LogP contribution in [0, 0.1) is 0 Å².